The zero-order valence-corrected chi connectivity index (χ0v) is 5.33. The van der Waals surface area contributed by atoms with Gasteiger partial charge in [0.15, 0.2) is 5.60 Å². The van der Waals surface area contributed by atoms with Gasteiger partial charge in [0.25, 0.3) is 0 Å². The van der Waals surface area contributed by atoms with Gasteiger partial charge in [0.05, 0.1) is 6.54 Å². The van der Waals surface area contributed by atoms with E-state index in [1.807, 2.05) is 11.9 Å². The number of likely N-dealkylation sites (N-methyl/N-ethyl adjacent to an activating group) is 1. The molecular formula is C7H9NO. The Morgan fingerprint density at radius 1 is 1.89 bits per heavy atom. The van der Waals surface area contributed by atoms with Crippen LogP contribution in [0.2, 0.25) is 0 Å². The average Bonchev–Trinajstić information content (AvgIpc) is 2.13. The predicted octanol–water partition coefficient (Wildman–Crippen LogP) is -0.190. The fourth-order valence-electron chi connectivity index (χ4n) is 0.830. The summed E-state index contributed by atoms with van der Waals surface area (Å²) in [7, 11) is 1.87. The van der Waals surface area contributed by atoms with E-state index >= 15 is 0 Å². The minimum Gasteiger partial charge on any atom is -0.376 e. The van der Waals surface area contributed by atoms with E-state index in [9.17, 15) is 5.11 Å². The third-order valence-corrected chi connectivity index (χ3v) is 1.35. The molecule has 0 aromatic carbocycles. The SMILES string of the molecule is C#C[C@]1(O)C=CN(C)C1. The molecule has 1 N–H and O–H groups in total. The van der Waals surface area contributed by atoms with Gasteiger partial charge >= 0.3 is 0 Å². The van der Waals surface area contributed by atoms with Crippen LogP contribution >= 0.6 is 0 Å². The lowest BCUT2D eigenvalue weighted by Crippen LogP contribution is -2.30. The van der Waals surface area contributed by atoms with Crippen LogP contribution in [-0.4, -0.2) is 29.2 Å². The van der Waals surface area contributed by atoms with Crippen molar-refractivity contribution in [2.45, 2.75) is 5.60 Å². The molecule has 0 aromatic heterocycles. The number of hydrogen-bond donors (Lipinski definition) is 1. The summed E-state index contributed by atoms with van der Waals surface area (Å²) in [5, 5.41) is 9.31. The Balaban J connectivity index is 2.71. The lowest BCUT2D eigenvalue weighted by atomic mass is 10.1. The first-order valence-electron chi connectivity index (χ1n) is 2.76. The van der Waals surface area contributed by atoms with Crippen LogP contribution in [0.15, 0.2) is 12.3 Å². The monoisotopic (exact) mass is 123 g/mol. The molecule has 1 atom stereocenters. The van der Waals surface area contributed by atoms with Gasteiger partial charge in [0.2, 0.25) is 0 Å². The van der Waals surface area contributed by atoms with Gasteiger partial charge in [0.1, 0.15) is 0 Å². The highest BCUT2D eigenvalue weighted by Crippen LogP contribution is 2.13. The molecule has 0 radical (unpaired) electrons. The number of aliphatic hydroxyl groups is 1. The fourth-order valence-corrected chi connectivity index (χ4v) is 0.830. The Morgan fingerprint density at radius 3 is 2.78 bits per heavy atom. The van der Waals surface area contributed by atoms with Crippen molar-refractivity contribution >= 4 is 0 Å². The van der Waals surface area contributed by atoms with Crippen molar-refractivity contribution in [1.29, 1.82) is 0 Å². The van der Waals surface area contributed by atoms with Crippen molar-refractivity contribution in [2.24, 2.45) is 0 Å². The molecule has 0 saturated heterocycles. The summed E-state index contributed by atoms with van der Waals surface area (Å²) >= 11 is 0. The van der Waals surface area contributed by atoms with E-state index in [0.717, 1.165) is 0 Å². The topological polar surface area (TPSA) is 23.5 Å². The smallest absolute Gasteiger partial charge is 0.162 e. The second-order valence-corrected chi connectivity index (χ2v) is 2.30. The lowest BCUT2D eigenvalue weighted by Gasteiger charge is -2.14. The van der Waals surface area contributed by atoms with Crippen molar-refractivity contribution in [2.75, 3.05) is 13.6 Å². The van der Waals surface area contributed by atoms with E-state index in [4.69, 9.17) is 6.42 Å². The molecule has 48 valence electrons. The zero-order valence-electron chi connectivity index (χ0n) is 5.33. The van der Waals surface area contributed by atoms with Crippen molar-refractivity contribution in [3.63, 3.8) is 0 Å². The van der Waals surface area contributed by atoms with Crippen LogP contribution in [0.5, 0.6) is 0 Å². The van der Waals surface area contributed by atoms with Gasteiger partial charge in [-0.2, -0.15) is 0 Å². The minimum absolute atomic E-state index is 0.503. The molecule has 2 heteroatoms. The summed E-state index contributed by atoms with van der Waals surface area (Å²) < 4.78 is 0. The van der Waals surface area contributed by atoms with Crippen LogP contribution in [0.1, 0.15) is 0 Å². The van der Waals surface area contributed by atoms with E-state index in [2.05, 4.69) is 5.92 Å². The van der Waals surface area contributed by atoms with Crippen molar-refractivity contribution in [3.8, 4) is 12.3 Å². The number of hydrogen-bond acceptors (Lipinski definition) is 2. The molecule has 0 aromatic rings. The fraction of sp³-hybridized carbons (Fsp3) is 0.429. The van der Waals surface area contributed by atoms with Crippen molar-refractivity contribution < 1.29 is 5.11 Å². The molecule has 0 aliphatic carbocycles. The molecule has 9 heavy (non-hydrogen) atoms. The zero-order chi connectivity index (χ0) is 6.91. The van der Waals surface area contributed by atoms with Crippen LogP contribution in [0.25, 0.3) is 0 Å². The molecule has 0 spiro atoms. The number of β-amino-alcohol motifs (C(OH)–C–C–N with tert-alkyl or cyclic N) is 1. The lowest BCUT2D eigenvalue weighted by molar-refractivity contribution is 0.141. The maximum atomic E-state index is 9.31. The molecule has 2 nitrogen and oxygen atoms in total. The van der Waals surface area contributed by atoms with E-state index in [-0.39, 0.29) is 0 Å². The van der Waals surface area contributed by atoms with Gasteiger partial charge in [-0.25, -0.2) is 0 Å². The number of nitrogens with zero attached hydrogens (tertiary/aromatic N) is 1. The molecule has 0 fully saturated rings. The molecular weight excluding hydrogens is 114 g/mol. The summed E-state index contributed by atoms with van der Waals surface area (Å²) in [5.41, 5.74) is -1.02. The number of rotatable bonds is 0. The van der Waals surface area contributed by atoms with Crippen molar-refractivity contribution in [1.82, 2.24) is 4.90 Å². The highest BCUT2D eigenvalue weighted by atomic mass is 16.3. The third-order valence-electron chi connectivity index (χ3n) is 1.35. The second-order valence-electron chi connectivity index (χ2n) is 2.30. The predicted molar refractivity (Wildman–Crippen MR) is 35.6 cm³/mol. The summed E-state index contributed by atoms with van der Waals surface area (Å²) in [4.78, 5) is 1.85. The van der Waals surface area contributed by atoms with E-state index in [1.165, 1.54) is 0 Å². The molecule has 0 saturated carbocycles. The standard InChI is InChI=1S/C7H9NO/c1-3-7(9)4-5-8(2)6-7/h1,4-5,9H,6H2,2H3/t7-/m0/s1. The van der Waals surface area contributed by atoms with Gasteiger partial charge in [-0.15, -0.1) is 6.42 Å². The Labute approximate surface area is 54.8 Å². The Hall–Kier alpha value is -0.940. The van der Waals surface area contributed by atoms with Gasteiger partial charge in [-0.05, 0) is 12.3 Å². The Morgan fingerprint density at radius 2 is 2.56 bits per heavy atom. The molecule has 1 rings (SSSR count). The maximum absolute atomic E-state index is 9.31. The maximum Gasteiger partial charge on any atom is 0.162 e. The van der Waals surface area contributed by atoms with Crippen LogP contribution < -0.4 is 0 Å². The van der Waals surface area contributed by atoms with Gasteiger partial charge in [-0.3, -0.25) is 0 Å². The molecule has 1 aliphatic heterocycles. The molecule has 0 unspecified atom stereocenters. The number of terminal acetylenes is 1. The first-order chi connectivity index (χ1) is 4.16. The molecule has 0 bridgehead atoms. The summed E-state index contributed by atoms with van der Waals surface area (Å²) in [6.07, 6.45) is 8.45. The summed E-state index contributed by atoms with van der Waals surface area (Å²) in [6, 6.07) is 0. The molecule has 1 aliphatic rings. The second kappa shape index (κ2) is 1.78. The highest BCUT2D eigenvalue weighted by molar-refractivity contribution is 5.23. The highest BCUT2D eigenvalue weighted by Gasteiger charge is 2.25. The molecule has 1 heterocycles. The normalized spacial score (nSPS) is 32.8. The van der Waals surface area contributed by atoms with Gasteiger partial charge in [0, 0.05) is 7.05 Å². The first kappa shape index (κ1) is 6.18. The van der Waals surface area contributed by atoms with Crippen LogP contribution in [0.4, 0.5) is 0 Å². The van der Waals surface area contributed by atoms with Crippen molar-refractivity contribution in [3.05, 3.63) is 12.3 Å². The van der Waals surface area contributed by atoms with E-state index < -0.39 is 5.60 Å². The average molecular weight is 123 g/mol. The van der Waals surface area contributed by atoms with E-state index in [0.29, 0.717) is 6.54 Å². The summed E-state index contributed by atoms with van der Waals surface area (Å²) in [6.45, 7) is 0.503. The molecule has 0 amide bonds. The first-order valence-corrected chi connectivity index (χ1v) is 2.76. The van der Waals surface area contributed by atoms with Gasteiger partial charge in [-0.1, -0.05) is 5.92 Å². The summed E-state index contributed by atoms with van der Waals surface area (Å²) in [5.74, 6) is 2.30. The van der Waals surface area contributed by atoms with Crippen LogP contribution in [-0.2, 0) is 0 Å². The van der Waals surface area contributed by atoms with Gasteiger partial charge < -0.3 is 10.0 Å². The Kier molecular flexibility index (Phi) is 1.22. The van der Waals surface area contributed by atoms with Crippen LogP contribution in [0, 0.1) is 12.3 Å². The van der Waals surface area contributed by atoms with E-state index in [1.54, 1.807) is 12.3 Å². The largest absolute Gasteiger partial charge is 0.376 e. The Bertz CT molecular complexity index is 180. The minimum atomic E-state index is -1.02. The third kappa shape index (κ3) is 1.06. The quantitative estimate of drug-likeness (QED) is 0.451. The van der Waals surface area contributed by atoms with Crippen LogP contribution in [0.3, 0.4) is 0 Å².